The average molecular weight is 353 g/mol. The minimum atomic E-state index is -1.05. The lowest BCUT2D eigenvalue weighted by molar-refractivity contribution is -0.131. The summed E-state index contributed by atoms with van der Waals surface area (Å²) in [6.07, 6.45) is 2.47. The van der Waals surface area contributed by atoms with Gasteiger partial charge in [-0.1, -0.05) is 41.4 Å². The van der Waals surface area contributed by atoms with E-state index in [0.717, 1.165) is 6.08 Å². The molecule has 0 spiro atoms. The highest BCUT2D eigenvalue weighted by molar-refractivity contribution is 6.35. The fraction of sp³-hybridized carbons (Fsp3) is 0.118. The Morgan fingerprint density at radius 3 is 2.43 bits per heavy atom. The molecule has 0 atom stereocenters. The van der Waals surface area contributed by atoms with E-state index in [4.69, 9.17) is 37.8 Å². The Kier molecular flexibility index (Phi) is 5.90. The number of ether oxygens (including phenoxy) is 2. The zero-order chi connectivity index (χ0) is 16.8. The lowest BCUT2D eigenvalue weighted by Gasteiger charge is -2.14. The smallest absolute Gasteiger partial charge is 0.328 e. The van der Waals surface area contributed by atoms with Crippen LogP contribution in [0.4, 0.5) is 0 Å². The van der Waals surface area contributed by atoms with Crippen molar-refractivity contribution in [2.45, 2.75) is 6.61 Å². The van der Waals surface area contributed by atoms with Crippen molar-refractivity contribution in [3.8, 4) is 11.5 Å². The van der Waals surface area contributed by atoms with Gasteiger partial charge in [0.1, 0.15) is 6.61 Å². The van der Waals surface area contributed by atoms with E-state index < -0.39 is 5.97 Å². The Morgan fingerprint density at radius 2 is 1.83 bits per heavy atom. The lowest BCUT2D eigenvalue weighted by Crippen LogP contribution is -2.01. The van der Waals surface area contributed by atoms with E-state index in [1.165, 1.54) is 13.2 Å². The standard InChI is InChI=1S/C17H14Cl2O4/c1-22-15-7-2-4-11(8-9-16(20)21)17(15)23-10-12-13(18)5-3-6-14(12)19/h2-9H,10H2,1H3,(H,20,21)/b9-8+. The van der Waals surface area contributed by atoms with Gasteiger partial charge in [0.2, 0.25) is 0 Å². The summed E-state index contributed by atoms with van der Waals surface area (Å²) in [5.74, 6) is -0.142. The largest absolute Gasteiger partial charge is 0.493 e. The van der Waals surface area contributed by atoms with Crippen LogP contribution in [0, 0.1) is 0 Å². The van der Waals surface area contributed by atoms with Crippen LogP contribution in [0.15, 0.2) is 42.5 Å². The molecule has 0 radical (unpaired) electrons. The molecule has 2 aromatic rings. The molecule has 0 saturated carbocycles. The molecule has 2 aromatic carbocycles. The van der Waals surface area contributed by atoms with E-state index in [1.54, 1.807) is 36.4 Å². The molecule has 0 heterocycles. The van der Waals surface area contributed by atoms with Crippen LogP contribution in [0.3, 0.4) is 0 Å². The first-order valence-electron chi connectivity index (χ1n) is 6.66. The topological polar surface area (TPSA) is 55.8 Å². The van der Waals surface area contributed by atoms with Gasteiger partial charge in [-0.25, -0.2) is 4.79 Å². The minimum Gasteiger partial charge on any atom is -0.493 e. The monoisotopic (exact) mass is 352 g/mol. The average Bonchev–Trinajstić information content (AvgIpc) is 2.52. The molecule has 0 fully saturated rings. The number of benzene rings is 2. The maximum Gasteiger partial charge on any atom is 0.328 e. The highest BCUT2D eigenvalue weighted by Gasteiger charge is 2.12. The Bertz CT molecular complexity index is 721. The quantitative estimate of drug-likeness (QED) is 0.767. The van der Waals surface area contributed by atoms with Gasteiger partial charge in [0.05, 0.1) is 7.11 Å². The molecule has 23 heavy (non-hydrogen) atoms. The molecule has 0 aliphatic carbocycles. The van der Waals surface area contributed by atoms with Crippen LogP contribution < -0.4 is 9.47 Å². The third-order valence-electron chi connectivity index (χ3n) is 3.06. The third kappa shape index (κ3) is 4.41. The predicted octanol–water partition coefficient (Wildman–Crippen LogP) is 4.68. The number of para-hydroxylation sites is 1. The number of rotatable bonds is 6. The number of hydrogen-bond acceptors (Lipinski definition) is 3. The summed E-state index contributed by atoms with van der Waals surface area (Å²) in [5.41, 5.74) is 1.23. The molecule has 0 aliphatic heterocycles. The minimum absolute atomic E-state index is 0.132. The second kappa shape index (κ2) is 7.90. The Labute approximate surface area is 143 Å². The van der Waals surface area contributed by atoms with Crippen molar-refractivity contribution in [1.29, 1.82) is 0 Å². The van der Waals surface area contributed by atoms with Gasteiger partial charge in [0.25, 0.3) is 0 Å². The fourth-order valence-electron chi connectivity index (χ4n) is 1.95. The highest BCUT2D eigenvalue weighted by Crippen LogP contribution is 2.34. The van der Waals surface area contributed by atoms with Crippen molar-refractivity contribution >= 4 is 35.2 Å². The van der Waals surface area contributed by atoms with Gasteiger partial charge in [-0.2, -0.15) is 0 Å². The van der Waals surface area contributed by atoms with E-state index in [2.05, 4.69) is 0 Å². The number of methoxy groups -OCH3 is 1. The first-order valence-corrected chi connectivity index (χ1v) is 7.42. The molecule has 0 aliphatic rings. The number of carboxylic acid groups (broad SMARTS) is 1. The lowest BCUT2D eigenvalue weighted by atomic mass is 10.1. The van der Waals surface area contributed by atoms with E-state index in [1.807, 2.05) is 0 Å². The molecule has 2 rings (SSSR count). The van der Waals surface area contributed by atoms with Gasteiger partial charge >= 0.3 is 5.97 Å². The highest BCUT2D eigenvalue weighted by atomic mass is 35.5. The van der Waals surface area contributed by atoms with Crippen LogP contribution in [-0.4, -0.2) is 18.2 Å². The molecule has 0 bridgehead atoms. The van der Waals surface area contributed by atoms with E-state index >= 15 is 0 Å². The molecular formula is C17H14Cl2O4. The normalized spacial score (nSPS) is 10.7. The molecule has 0 saturated heterocycles. The Hall–Kier alpha value is -2.17. The number of carboxylic acids is 1. The van der Waals surface area contributed by atoms with Gasteiger partial charge in [0.15, 0.2) is 11.5 Å². The summed E-state index contributed by atoms with van der Waals surface area (Å²) in [5, 5.41) is 9.77. The van der Waals surface area contributed by atoms with E-state index in [9.17, 15) is 4.79 Å². The summed E-state index contributed by atoms with van der Waals surface area (Å²) in [4.78, 5) is 10.7. The van der Waals surface area contributed by atoms with Gasteiger partial charge in [-0.05, 0) is 24.3 Å². The van der Waals surface area contributed by atoms with E-state index in [-0.39, 0.29) is 6.61 Å². The predicted molar refractivity (Wildman–Crippen MR) is 90.5 cm³/mol. The molecule has 0 unspecified atom stereocenters. The second-order valence-electron chi connectivity index (χ2n) is 4.54. The molecule has 0 amide bonds. The van der Waals surface area contributed by atoms with Gasteiger partial charge < -0.3 is 14.6 Å². The first kappa shape index (κ1) is 17.2. The molecular weight excluding hydrogens is 339 g/mol. The number of halogens is 2. The summed E-state index contributed by atoms with van der Waals surface area (Å²) in [7, 11) is 1.51. The molecule has 0 aromatic heterocycles. The van der Waals surface area contributed by atoms with Crippen molar-refractivity contribution < 1.29 is 19.4 Å². The SMILES string of the molecule is COc1cccc(/C=C/C(=O)O)c1OCc1c(Cl)cccc1Cl. The maximum absolute atomic E-state index is 10.7. The second-order valence-corrected chi connectivity index (χ2v) is 5.35. The van der Waals surface area contributed by atoms with Crippen LogP contribution in [0.5, 0.6) is 11.5 Å². The van der Waals surface area contributed by atoms with Gasteiger partial charge in [-0.3, -0.25) is 0 Å². The molecule has 120 valence electrons. The van der Waals surface area contributed by atoms with Crippen molar-refractivity contribution in [2.24, 2.45) is 0 Å². The maximum atomic E-state index is 10.7. The Morgan fingerprint density at radius 1 is 1.17 bits per heavy atom. The van der Waals surface area contributed by atoms with Crippen molar-refractivity contribution in [3.63, 3.8) is 0 Å². The zero-order valence-corrected chi connectivity index (χ0v) is 13.8. The van der Waals surface area contributed by atoms with Crippen LogP contribution in [0.25, 0.3) is 6.08 Å². The van der Waals surface area contributed by atoms with Gasteiger partial charge in [-0.15, -0.1) is 0 Å². The number of aliphatic carboxylic acids is 1. The Balaban J connectivity index is 2.32. The van der Waals surface area contributed by atoms with Crippen molar-refractivity contribution in [1.82, 2.24) is 0 Å². The summed E-state index contributed by atoms with van der Waals surface area (Å²) in [6.45, 7) is 0.132. The summed E-state index contributed by atoms with van der Waals surface area (Å²) < 4.78 is 11.1. The van der Waals surface area contributed by atoms with Gasteiger partial charge in [0, 0.05) is 27.2 Å². The van der Waals surface area contributed by atoms with Crippen LogP contribution >= 0.6 is 23.2 Å². The molecule has 1 N–H and O–H groups in total. The molecule has 6 heteroatoms. The summed E-state index contributed by atoms with van der Waals surface area (Å²) >= 11 is 12.2. The first-order chi connectivity index (χ1) is 11.0. The number of hydrogen-bond donors (Lipinski definition) is 1. The third-order valence-corrected chi connectivity index (χ3v) is 3.77. The van der Waals surface area contributed by atoms with Crippen molar-refractivity contribution in [3.05, 3.63) is 63.6 Å². The summed E-state index contributed by atoms with van der Waals surface area (Å²) in [6, 6.07) is 10.4. The molecule has 4 nitrogen and oxygen atoms in total. The zero-order valence-electron chi connectivity index (χ0n) is 12.3. The van der Waals surface area contributed by atoms with Crippen LogP contribution in [-0.2, 0) is 11.4 Å². The number of carbonyl (C=O) groups is 1. The fourth-order valence-corrected chi connectivity index (χ4v) is 2.46. The van der Waals surface area contributed by atoms with E-state index in [0.29, 0.717) is 32.7 Å². The van der Waals surface area contributed by atoms with Crippen LogP contribution in [0.1, 0.15) is 11.1 Å². The van der Waals surface area contributed by atoms with Crippen molar-refractivity contribution in [2.75, 3.05) is 7.11 Å². The van der Waals surface area contributed by atoms with Crippen LogP contribution in [0.2, 0.25) is 10.0 Å².